The number of nitrogens with zero attached hydrogens (tertiary/aromatic N) is 3. The average Bonchev–Trinajstić information content (AvgIpc) is 2.51. The first kappa shape index (κ1) is 14.8. The first-order chi connectivity index (χ1) is 10.6. The molecule has 0 aliphatic carbocycles. The van der Waals surface area contributed by atoms with Gasteiger partial charge in [-0.15, -0.1) is 0 Å². The number of piperazine rings is 1. The second-order valence-corrected chi connectivity index (χ2v) is 5.80. The number of aromatic nitrogens is 2. The highest BCUT2D eigenvalue weighted by atomic mass is 16.5. The molecule has 1 saturated heterocycles. The fraction of sp³-hybridized carbons (Fsp3) is 0.500. The largest absolute Gasteiger partial charge is 0.493 e. The first-order valence-corrected chi connectivity index (χ1v) is 7.50. The molecule has 0 radical (unpaired) electrons. The Hall–Kier alpha value is -2.08. The van der Waals surface area contributed by atoms with Crippen LogP contribution in [0.25, 0.3) is 10.9 Å². The predicted molar refractivity (Wildman–Crippen MR) is 86.9 cm³/mol. The van der Waals surface area contributed by atoms with E-state index < -0.39 is 0 Å². The quantitative estimate of drug-likeness (QED) is 0.933. The third-order valence-electron chi connectivity index (χ3n) is 3.98. The summed E-state index contributed by atoms with van der Waals surface area (Å²) < 4.78 is 10.8. The molecule has 1 aliphatic heterocycles. The Labute approximate surface area is 130 Å². The van der Waals surface area contributed by atoms with Crippen molar-refractivity contribution in [2.45, 2.75) is 25.9 Å². The Bertz CT molecular complexity index is 666. The van der Waals surface area contributed by atoms with E-state index in [4.69, 9.17) is 9.47 Å². The molecule has 6 heteroatoms. The van der Waals surface area contributed by atoms with Gasteiger partial charge >= 0.3 is 0 Å². The van der Waals surface area contributed by atoms with Crippen LogP contribution in [-0.4, -0.2) is 49.4 Å². The minimum Gasteiger partial charge on any atom is -0.493 e. The van der Waals surface area contributed by atoms with Crippen molar-refractivity contribution >= 4 is 16.7 Å². The van der Waals surface area contributed by atoms with Gasteiger partial charge in [0.05, 0.1) is 19.7 Å². The van der Waals surface area contributed by atoms with Gasteiger partial charge in [0.15, 0.2) is 11.5 Å². The van der Waals surface area contributed by atoms with Gasteiger partial charge in [-0.3, -0.25) is 0 Å². The molecule has 22 heavy (non-hydrogen) atoms. The summed E-state index contributed by atoms with van der Waals surface area (Å²) in [4.78, 5) is 11.2. The first-order valence-electron chi connectivity index (χ1n) is 7.50. The highest BCUT2D eigenvalue weighted by Gasteiger charge is 2.24. The van der Waals surface area contributed by atoms with Crippen LogP contribution in [0.2, 0.25) is 0 Å². The maximum Gasteiger partial charge on any atom is 0.162 e. The Morgan fingerprint density at radius 1 is 1.05 bits per heavy atom. The fourth-order valence-corrected chi connectivity index (χ4v) is 3.12. The molecule has 2 heterocycles. The van der Waals surface area contributed by atoms with Gasteiger partial charge in [-0.05, 0) is 19.9 Å². The zero-order valence-corrected chi connectivity index (χ0v) is 13.5. The van der Waals surface area contributed by atoms with Gasteiger partial charge in [0, 0.05) is 36.6 Å². The van der Waals surface area contributed by atoms with Crippen molar-refractivity contribution in [3.63, 3.8) is 0 Å². The number of hydrogen-bond acceptors (Lipinski definition) is 6. The third-order valence-corrected chi connectivity index (χ3v) is 3.98. The SMILES string of the molecule is COc1cc2ncnc(N3CC(C)NC(C)C3)c2cc1OC. The van der Waals surface area contributed by atoms with Crippen LogP contribution < -0.4 is 19.7 Å². The Balaban J connectivity index is 2.09. The highest BCUT2D eigenvalue weighted by molar-refractivity contribution is 5.92. The summed E-state index contributed by atoms with van der Waals surface area (Å²) in [5.74, 6) is 2.33. The molecule has 1 N–H and O–H groups in total. The lowest BCUT2D eigenvalue weighted by atomic mass is 10.1. The smallest absolute Gasteiger partial charge is 0.162 e. The molecule has 118 valence electrons. The molecule has 1 aliphatic rings. The molecule has 1 aromatic carbocycles. The average molecular weight is 302 g/mol. The predicted octanol–water partition coefficient (Wildman–Crippen LogP) is 1.83. The van der Waals surface area contributed by atoms with Crippen LogP contribution in [0.3, 0.4) is 0 Å². The van der Waals surface area contributed by atoms with Crippen molar-refractivity contribution in [3.8, 4) is 11.5 Å². The number of hydrogen-bond donors (Lipinski definition) is 1. The summed E-state index contributed by atoms with van der Waals surface area (Å²) >= 11 is 0. The minimum atomic E-state index is 0.425. The molecular formula is C16H22N4O2. The standard InChI is InChI=1S/C16H22N4O2/c1-10-7-20(8-11(2)19-10)16-12-5-14(21-3)15(22-4)6-13(12)17-9-18-16/h5-6,9-11,19H,7-8H2,1-4H3. The molecule has 0 saturated carbocycles. The van der Waals surface area contributed by atoms with E-state index >= 15 is 0 Å². The Morgan fingerprint density at radius 2 is 1.68 bits per heavy atom. The zero-order valence-electron chi connectivity index (χ0n) is 13.5. The summed E-state index contributed by atoms with van der Waals surface area (Å²) in [5, 5.41) is 4.53. The van der Waals surface area contributed by atoms with Crippen LogP contribution in [0.15, 0.2) is 18.5 Å². The molecule has 2 aromatic rings. The Kier molecular flexibility index (Phi) is 4.02. The van der Waals surface area contributed by atoms with Crippen LogP contribution >= 0.6 is 0 Å². The summed E-state index contributed by atoms with van der Waals surface area (Å²) in [6.45, 7) is 6.22. The maximum atomic E-state index is 5.42. The summed E-state index contributed by atoms with van der Waals surface area (Å²) in [5.41, 5.74) is 0.862. The number of fused-ring (bicyclic) bond motifs is 1. The second kappa shape index (κ2) is 5.96. The van der Waals surface area contributed by atoms with Crippen LogP contribution in [0.1, 0.15) is 13.8 Å². The normalized spacial score (nSPS) is 21.9. The summed E-state index contributed by atoms with van der Waals surface area (Å²) in [7, 11) is 3.27. The molecule has 3 rings (SSSR count). The molecule has 2 atom stereocenters. The Morgan fingerprint density at radius 3 is 2.32 bits per heavy atom. The molecular weight excluding hydrogens is 280 g/mol. The number of nitrogens with one attached hydrogen (secondary N) is 1. The number of methoxy groups -OCH3 is 2. The van der Waals surface area contributed by atoms with E-state index in [0.717, 1.165) is 29.8 Å². The van der Waals surface area contributed by atoms with Crippen LogP contribution in [-0.2, 0) is 0 Å². The third kappa shape index (κ3) is 2.66. The molecule has 1 fully saturated rings. The topological polar surface area (TPSA) is 59.5 Å². The summed E-state index contributed by atoms with van der Waals surface area (Å²) in [6.07, 6.45) is 1.61. The fourth-order valence-electron chi connectivity index (χ4n) is 3.12. The van der Waals surface area contributed by atoms with Crippen LogP contribution in [0, 0.1) is 0 Å². The van der Waals surface area contributed by atoms with E-state index in [9.17, 15) is 0 Å². The van der Waals surface area contributed by atoms with Gasteiger partial charge in [-0.1, -0.05) is 0 Å². The number of benzene rings is 1. The van der Waals surface area contributed by atoms with E-state index in [-0.39, 0.29) is 0 Å². The monoisotopic (exact) mass is 302 g/mol. The lowest BCUT2D eigenvalue weighted by Crippen LogP contribution is -2.54. The van der Waals surface area contributed by atoms with Crippen molar-refractivity contribution in [1.29, 1.82) is 0 Å². The van der Waals surface area contributed by atoms with E-state index in [2.05, 4.69) is 34.0 Å². The molecule has 2 unspecified atom stereocenters. The maximum absolute atomic E-state index is 5.42. The van der Waals surface area contributed by atoms with Gasteiger partial charge < -0.3 is 19.7 Å². The molecule has 6 nitrogen and oxygen atoms in total. The van der Waals surface area contributed by atoms with Gasteiger partial charge in [0.1, 0.15) is 12.1 Å². The molecule has 0 bridgehead atoms. The van der Waals surface area contributed by atoms with Crippen molar-refractivity contribution in [2.75, 3.05) is 32.2 Å². The van der Waals surface area contributed by atoms with Gasteiger partial charge in [0.25, 0.3) is 0 Å². The van der Waals surface area contributed by atoms with Gasteiger partial charge in [0.2, 0.25) is 0 Å². The molecule has 0 amide bonds. The number of ether oxygens (including phenoxy) is 2. The van der Waals surface area contributed by atoms with Crippen molar-refractivity contribution in [3.05, 3.63) is 18.5 Å². The zero-order chi connectivity index (χ0) is 15.7. The van der Waals surface area contributed by atoms with Gasteiger partial charge in [-0.25, -0.2) is 9.97 Å². The van der Waals surface area contributed by atoms with Gasteiger partial charge in [-0.2, -0.15) is 0 Å². The molecule has 0 spiro atoms. The van der Waals surface area contributed by atoms with Crippen LogP contribution in [0.5, 0.6) is 11.5 Å². The van der Waals surface area contributed by atoms with Crippen molar-refractivity contribution in [2.24, 2.45) is 0 Å². The summed E-state index contributed by atoms with van der Waals surface area (Å²) in [6, 6.07) is 4.71. The number of anilines is 1. The van der Waals surface area contributed by atoms with E-state index in [0.29, 0.717) is 23.6 Å². The minimum absolute atomic E-state index is 0.425. The van der Waals surface area contributed by atoms with Crippen molar-refractivity contribution < 1.29 is 9.47 Å². The second-order valence-electron chi connectivity index (χ2n) is 5.80. The highest BCUT2D eigenvalue weighted by Crippen LogP contribution is 2.35. The molecule has 1 aromatic heterocycles. The van der Waals surface area contributed by atoms with E-state index in [1.54, 1.807) is 20.5 Å². The van der Waals surface area contributed by atoms with Crippen LogP contribution in [0.4, 0.5) is 5.82 Å². The lowest BCUT2D eigenvalue weighted by Gasteiger charge is -2.37. The number of rotatable bonds is 3. The van der Waals surface area contributed by atoms with E-state index in [1.165, 1.54) is 0 Å². The van der Waals surface area contributed by atoms with E-state index in [1.807, 2.05) is 12.1 Å². The lowest BCUT2D eigenvalue weighted by molar-refractivity contribution is 0.355. The van der Waals surface area contributed by atoms with Crippen molar-refractivity contribution in [1.82, 2.24) is 15.3 Å².